The van der Waals surface area contributed by atoms with Crippen LogP contribution in [0.4, 0.5) is 5.69 Å². The molecule has 0 aliphatic rings. The van der Waals surface area contributed by atoms with Gasteiger partial charge in [0, 0.05) is 18.7 Å². The standard InChI is InChI=1S/C19H22N2O3S/c1-2-15-20-25(23,24)18-13-11-17(12-14-18)21-19(22)10-6-9-16-7-4-3-5-8-16/h2-5,7-8,11-14,20H,1,6,9-10,15H2,(H,21,22). The van der Waals surface area contributed by atoms with Gasteiger partial charge in [-0.1, -0.05) is 36.4 Å². The first-order valence-electron chi connectivity index (χ1n) is 8.05. The van der Waals surface area contributed by atoms with Crippen molar-refractivity contribution in [2.75, 3.05) is 11.9 Å². The first-order valence-corrected chi connectivity index (χ1v) is 9.54. The van der Waals surface area contributed by atoms with E-state index in [4.69, 9.17) is 0 Å². The molecule has 0 spiro atoms. The van der Waals surface area contributed by atoms with Gasteiger partial charge in [-0.15, -0.1) is 6.58 Å². The van der Waals surface area contributed by atoms with Crippen LogP contribution in [0.25, 0.3) is 0 Å². The summed E-state index contributed by atoms with van der Waals surface area (Å²) in [4.78, 5) is 12.1. The molecule has 0 aliphatic carbocycles. The maximum absolute atomic E-state index is 12.0. The van der Waals surface area contributed by atoms with Gasteiger partial charge in [-0.05, 0) is 42.7 Å². The van der Waals surface area contributed by atoms with Crippen molar-refractivity contribution in [3.05, 3.63) is 72.8 Å². The summed E-state index contributed by atoms with van der Waals surface area (Å²) in [5.41, 5.74) is 1.78. The van der Waals surface area contributed by atoms with E-state index >= 15 is 0 Å². The molecule has 0 atom stereocenters. The Kier molecular flexibility index (Phi) is 6.91. The van der Waals surface area contributed by atoms with E-state index in [0.717, 1.165) is 12.8 Å². The first kappa shape index (κ1) is 18.9. The number of hydrogen-bond acceptors (Lipinski definition) is 3. The summed E-state index contributed by atoms with van der Waals surface area (Å²) in [5.74, 6) is -0.0867. The number of anilines is 1. The Hall–Kier alpha value is -2.44. The number of nitrogens with one attached hydrogen (secondary N) is 2. The molecule has 0 saturated heterocycles. The molecule has 0 bridgehead atoms. The Morgan fingerprint density at radius 3 is 2.36 bits per heavy atom. The number of aryl methyl sites for hydroxylation is 1. The zero-order chi connectivity index (χ0) is 18.1. The zero-order valence-corrected chi connectivity index (χ0v) is 14.8. The van der Waals surface area contributed by atoms with E-state index in [0.29, 0.717) is 12.1 Å². The van der Waals surface area contributed by atoms with E-state index in [1.165, 1.54) is 23.8 Å². The molecule has 0 aliphatic heterocycles. The predicted molar refractivity (Wildman–Crippen MR) is 99.8 cm³/mol. The average Bonchev–Trinajstić information content (AvgIpc) is 2.61. The van der Waals surface area contributed by atoms with Crippen molar-refractivity contribution in [1.82, 2.24) is 4.72 Å². The van der Waals surface area contributed by atoms with Crippen molar-refractivity contribution in [3.8, 4) is 0 Å². The monoisotopic (exact) mass is 358 g/mol. The normalized spacial score (nSPS) is 11.0. The van der Waals surface area contributed by atoms with Gasteiger partial charge in [0.25, 0.3) is 0 Å². The third-order valence-electron chi connectivity index (χ3n) is 3.58. The Morgan fingerprint density at radius 2 is 1.72 bits per heavy atom. The van der Waals surface area contributed by atoms with Gasteiger partial charge in [0.1, 0.15) is 0 Å². The van der Waals surface area contributed by atoms with Gasteiger partial charge in [0.05, 0.1) is 4.90 Å². The first-order chi connectivity index (χ1) is 12.0. The molecule has 0 unspecified atom stereocenters. The van der Waals surface area contributed by atoms with E-state index in [9.17, 15) is 13.2 Å². The van der Waals surface area contributed by atoms with Crippen molar-refractivity contribution in [2.45, 2.75) is 24.2 Å². The lowest BCUT2D eigenvalue weighted by Gasteiger charge is -2.08. The molecule has 0 fully saturated rings. The second-order valence-electron chi connectivity index (χ2n) is 5.55. The van der Waals surface area contributed by atoms with Gasteiger partial charge in [-0.25, -0.2) is 13.1 Å². The molecule has 2 aromatic carbocycles. The van der Waals surface area contributed by atoms with Crippen molar-refractivity contribution >= 4 is 21.6 Å². The molecule has 6 heteroatoms. The number of carbonyl (C=O) groups excluding carboxylic acids is 1. The van der Waals surface area contributed by atoms with Gasteiger partial charge in [-0.3, -0.25) is 4.79 Å². The summed E-state index contributed by atoms with van der Waals surface area (Å²) < 4.78 is 26.3. The summed E-state index contributed by atoms with van der Waals surface area (Å²) in [6, 6.07) is 16.1. The van der Waals surface area contributed by atoms with Crippen molar-refractivity contribution in [1.29, 1.82) is 0 Å². The summed E-state index contributed by atoms with van der Waals surface area (Å²) >= 11 is 0. The highest BCUT2D eigenvalue weighted by Gasteiger charge is 2.12. The molecule has 2 rings (SSSR count). The molecule has 1 amide bonds. The van der Waals surface area contributed by atoms with Crippen LogP contribution in [0, 0.1) is 0 Å². The second-order valence-corrected chi connectivity index (χ2v) is 7.32. The van der Waals surface area contributed by atoms with Gasteiger partial charge in [-0.2, -0.15) is 0 Å². The van der Waals surface area contributed by atoms with Crippen LogP contribution in [0.5, 0.6) is 0 Å². The minimum Gasteiger partial charge on any atom is -0.326 e. The van der Waals surface area contributed by atoms with Crippen LogP contribution in [0.15, 0.2) is 72.1 Å². The van der Waals surface area contributed by atoms with Crippen LogP contribution in [0.2, 0.25) is 0 Å². The van der Waals surface area contributed by atoms with E-state index in [-0.39, 0.29) is 17.3 Å². The third kappa shape index (κ3) is 6.17. The van der Waals surface area contributed by atoms with Crippen molar-refractivity contribution < 1.29 is 13.2 Å². The molecular formula is C19H22N2O3S. The van der Waals surface area contributed by atoms with E-state index in [1.54, 1.807) is 12.1 Å². The molecule has 132 valence electrons. The fourth-order valence-electron chi connectivity index (χ4n) is 2.29. The zero-order valence-electron chi connectivity index (χ0n) is 13.9. The lowest BCUT2D eigenvalue weighted by Crippen LogP contribution is -2.23. The van der Waals surface area contributed by atoms with E-state index in [2.05, 4.69) is 16.6 Å². The highest BCUT2D eigenvalue weighted by molar-refractivity contribution is 7.89. The maximum atomic E-state index is 12.0. The molecule has 2 aromatic rings. The largest absolute Gasteiger partial charge is 0.326 e. The Balaban J connectivity index is 1.84. The number of carbonyl (C=O) groups is 1. The summed E-state index contributed by atoms with van der Waals surface area (Å²) in [7, 11) is -3.55. The molecule has 0 radical (unpaired) electrons. The van der Waals surface area contributed by atoms with Crippen LogP contribution in [-0.4, -0.2) is 20.9 Å². The molecule has 0 heterocycles. The molecule has 25 heavy (non-hydrogen) atoms. The number of benzene rings is 2. The summed E-state index contributed by atoms with van der Waals surface area (Å²) in [6.45, 7) is 3.64. The molecule has 0 aromatic heterocycles. The smallest absolute Gasteiger partial charge is 0.240 e. The fourth-order valence-corrected chi connectivity index (χ4v) is 3.29. The highest BCUT2D eigenvalue weighted by Crippen LogP contribution is 2.14. The SMILES string of the molecule is C=CCNS(=O)(=O)c1ccc(NC(=O)CCCc2ccccc2)cc1. The van der Waals surface area contributed by atoms with Gasteiger partial charge in [0.2, 0.25) is 15.9 Å². The highest BCUT2D eigenvalue weighted by atomic mass is 32.2. The number of hydrogen-bond donors (Lipinski definition) is 2. The van der Waals surface area contributed by atoms with Crippen LogP contribution >= 0.6 is 0 Å². The molecular weight excluding hydrogens is 336 g/mol. The Bertz CT molecular complexity index is 800. The summed E-state index contributed by atoms with van der Waals surface area (Å²) in [5, 5.41) is 2.78. The van der Waals surface area contributed by atoms with E-state index in [1.807, 2.05) is 30.3 Å². The van der Waals surface area contributed by atoms with Crippen LogP contribution in [0.1, 0.15) is 18.4 Å². The molecule has 2 N–H and O–H groups in total. The topological polar surface area (TPSA) is 75.3 Å². The lowest BCUT2D eigenvalue weighted by atomic mass is 10.1. The predicted octanol–water partition coefficient (Wildman–Crippen LogP) is 3.11. The quantitative estimate of drug-likeness (QED) is 0.676. The molecule has 0 saturated carbocycles. The minimum atomic E-state index is -3.55. The average molecular weight is 358 g/mol. The van der Waals surface area contributed by atoms with Gasteiger partial charge in [0.15, 0.2) is 0 Å². The Morgan fingerprint density at radius 1 is 1.04 bits per heavy atom. The van der Waals surface area contributed by atoms with Crippen molar-refractivity contribution in [3.63, 3.8) is 0 Å². The number of sulfonamides is 1. The fraction of sp³-hybridized carbons (Fsp3) is 0.211. The third-order valence-corrected chi connectivity index (χ3v) is 5.02. The number of rotatable bonds is 9. The van der Waals surface area contributed by atoms with Crippen molar-refractivity contribution in [2.24, 2.45) is 0 Å². The molecule has 5 nitrogen and oxygen atoms in total. The number of amides is 1. The minimum absolute atomic E-state index is 0.0867. The van der Waals surface area contributed by atoms with Gasteiger partial charge < -0.3 is 5.32 Å². The van der Waals surface area contributed by atoms with E-state index < -0.39 is 10.0 Å². The van der Waals surface area contributed by atoms with Crippen LogP contribution in [-0.2, 0) is 21.2 Å². The second kappa shape index (κ2) is 9.15. The lowest BCUT2D eigenvalue weighted by molar-refractivity contribution is -0.116. The Labute approximate surface area is 148 Å². The maximum Gasteiger partial charge on any atom is 0.240 e. The van der Waals surface area contributed by atoms with Crippen LogP contribution in [0.3, 0.4) is 0 Å². The van der Waals surface area contributed by atoms with Gasteiger partial charge >= 0.3 is 0 Å². The summed E-state index contributed by atoms with van der Waals surface area (Å²) in [6.07, 6.45) is 3.49. The van der Waals surface area contributed by atoms with Crippen LogP contribution < -0.4 is 10.0 Å².